The van der Waals surface area contributed by atoms with E-state index in [4.69, 9.17) is 15.1 Å². The van der Waals surface area contributed by atoms with E-state index in [9.17, 15) is 13.2 Å². The Kier molecular flexibility index (Phi) is 3.76. The maximum atomic E-state index is 10.5. The highest BCUT2D eigenvalue weighted by Gasteiger charge is 2.28. The van der Waals surface area contributed by atoms with Gasteiger partial charge in [0, 0.05) is 0 Å². The van der Waals surface area contributed by atoms with Crippen LogP contribution in [0.2, 0.25) is 0 Å². The van der Waals surface area contributed by atoms with Gasteiger partial charge in [-0.2, -0.15) is 13.2 Å². The fourth-order valence-corrected chi connectivity index (χ4v) is 0.282. The van der Waals surface area contributed by atoms with Crippen molar-refractivity contribution in [2.75, 3.05) is 0 Å². The van der Waals surface area contributed by atoms with Crippen molar-refractivity contribution in [3.8, 4) is 0 Å². The highest BCUT2D eigenvalue weighted by atomic mass is 19.4. The summed E-state index contributed by atoms with van der Waals surface area (Å²) >= 11 is 0. The number of carbonyl (C=O) groups is 1. The molecule has 74 valence electrons. The van der Waals surface area contributed by atoms with Crippen LogP contribution in [-0.2, 0) is 4.79 Å². The first-order valence-corrected chi connectivity index (χ1v) is 2.85. The lowest BCUT2D eigenvalue weighted by Gasteiger charge is -2.03. The molecule has 1 rings (SSSR count). The molecule has 0 aliphatic heterocycles. The molecule has 0 saturated heterocycles. The Balaban J connectivity index is 0.000000223. The average Bonchev–Trinajstić information content (AvgIpc) is 2.38. The highest BCUT2D eigenvalue weighted by molar-refractivity contribution is 5.70. The van der Waals surface area contributed by atoms with Crippen LogP contribution in [0.3, 0.4) is 0 Å². The third-order valence-electron chi connectivity index (χ3n) is 0.762. The fourth-order valence-electron chi connectivity index (χ4n) is 0.282. The number of halogens is 3. The SMILES string of the molecule is O=C([O-])C(F)(F)F.O[n+]1cc[nH]c1. The molecule has 0 aliphatic carbocycles. The highest BCUT2D eigenvalue weighted by Crippen LogP contribution is 2.11. The lowest BCUT2D eigenvalue weighted by molar-refractivity contribution is -0.903. The summed E-state index contributed by atoms with van der Waals surface area (Å²) in [7, 11) is 0. The summed E-state index contributed by atoms with van der Waals surface area (Å²) in [5, 5.41) is 17.1. The molecular weight excluding hydrogens is 193 g/mol. The fraction of sp³-hybridized carbons (Fsp3) is 0.200. The standard InChI is InChI=1S/C3H4N2O.C2HF3O2/c6-5-2-1-4-3-5;3-2(4,5)1(6)7/h1-3,6H;(H,6,7). The molecule has 0 bridgehead atoms. The molecule has 0 amide bonds. The molecule has 0 atom stereocenters. The van der Waals surface area contributed by atoms with Crippen molar-refractivity contribution in [1.82, 2.24) is 4.98 Å². The minimum absolute atomic E-state index is 0.944. The predicted molar refractivity (Wildman–Crippen MR) is 29.2 cm³/mol. The van der Waals surface area contributed by atoms with Gasteiger partial charge in [0.1, 0.15) is 12.2 Å². The molecule has 1 heterocycles. The van der Waals surface area contributed by atoms with Gasteiger partial charge in [0.05, 0.1) is 0 Å². The van der Waals surface area contributed by atoms with Crippen LogP contribution >= 0.6 is 0 Å². The Hall–Kier alpha value is -1.73. The molecule has 0 radical (unpaired) electrons. The van der Waals surface area contributed by atoms with Crippen LogP contribution in [0.25, 0.3) is 0 Å². The van der Waals surface area contributed by atoms with Crippen molar-refractivity contribution in [2.45, 2.75) is 6.18 Å². The Morgan fingerprint density at radius 1 is 1.54 bits per heavy atom. The van der Waals surface area contributed by atoms with Crippen LogP contribution in [-0.4, -0.2) is 22.3 Å². The van der Waals surface area contributed by atoms with Gasteiger partial charge in [-0.1, -0.05) is 4.73 Å². The molecule has 8 heteroatoms. The zero-order chi connectivity index (χ0) is 10.5. The Bertz CT molecular complexity index is 256. The second kappa shape index (κ2) is 4.33. The number of carbonyl (C=O) groups excluding carboxylic acids is 1. The number of imidazole rings is 1. The molecule has 0 aliphatic rings. The maximum absolute atomic E-state index is 10.5. The normalized spacial score (nSPS) is 10.1. The number of aromatic nitrogens is 2. The van der Waals surface area contributed by atoms with Crippen LogP contribution < -0.4 is 9.84 Å². The summed E-state index contributed by atoms with van der Waals surface area (Å²) in [4.78, 5) is 11.4. The number of H-pyrrole nitrogens is 1. The van der Waals surface area contributed by atoms with E-state index in [2.05, 4.69) is 4.98 Å². The molecule has 0 fully saturated rings. The molecule has 0 saturated carbocycles. The van der Waals surface area contributed by atoms with Crippen LogP contribution in [0.15, 0.2) is 18.7 Å². The van der Waals surface area contributed by atoms with Crippen molar-refractivity contribution in [2.24, 2.45) is 0 Å². The summed E-state index contributed by atoms with van der Waals surface area (Å²) < 4.78 is 32.5. The van der Waals surface area contributed by atoms with Gasteiger partial charge in [-0.15, -0.1) is 0 Å². The van der Waals surface area contributed by atoms with Gasteiger partial charge in [0.2, 0.25) is 0 Å². The lowest BCUT2D eigenvalue weighted by Crippen LogP contribution is -2.37. The first-order chi connectivity index (χ1) is 5.84. The van der Waals surface area contributed by atoms with Crippen molar-refractivity contribution in [1.29, 1.82) is 0 Å². The van der Waals surface area contributed by atoms with Gasteiger partial charge in [0.15, 0.2) is 6.20 Å². The number of rotatable bonds is 0. The average molecular weight is 198 g/mol. The van der Waals surface area contributed by atoms with Gasteiger partial charge < -0.3 is 15.1 Å². The zero-order valence-corrected chi connectivity index (χ0v) is 6.08. The Morgan fingerprint density at radius 2 is 2.00 bits per heavy atom. The number of nitrogens with one attached hydrogen (secondary N) is 1. The summed E-state index contributed by atoms with van der Waals surface area (Å²) in [5.41, 5.74) is 0. The number of hydrogen-bond acceptors (Lipinski definition) is 3. The second-order valence-electron chi connectivity index (χ2n) is 1.78. The van der Waals surface area contributed by atoms with Crippen molar-refractivity contribution in [3.63, 3.8) is 0 Å². The molecule has 1 aromatic rings. The first-order valence-electron chi connectivity index (χ1n) is 2.85. The topological polar surface area (TPSA) is 80.0 Å². The number of nitrogens with zero attached hydrogens (tertiary/aromatic N) is 1. The minimum Gasteiger partial charge on any atom is -0.542 e. The summed E-state index contributed by atoms with van der Waals surface area (Å²) in [5.74, 6) is -3.01. The van der Waals surface area contributed by atoms with Crippen LogP contribution in [0.5, 0.6) is 0 Å². The molecular formula is C5H5F3N2O3. The number of aliphatic carboxylic acids is 1. The van der Waals surface area contributed by atoms with Gasteiger partial charge in [-0.05, 0) is 0 Å². The van der Waals surface area contributed by atoms with E-state index in [-0.39, 0.29) is 0 Å². The first kappa shape index (κ1) is 11.3. The van der Waals surface area contributed by atoms with E-state index in [0.717, 1.165) is 4.73 Å². The van der Waals surface area contributed by atoms with Crippen molar-refractivity contribution < 1.29 is 33.0 Å². The summed E-state index contributed by atoms with van der Waals surface area (Å²) in [6, 6.07) is 0. The number of carboxylic acids is 1. The zero-order valence-electron chi connectivity index (χ0n) is 6.08. The van der Waals surface area contributed by atoms with E-state index in [1.165, 1.54) is 12.5 Å². The van der Waals surface area contributed by atoms with Crippen LogP contribution in [0, 0.1) is 0 Å². The monoisotopic (exact) mass is 198 g/mol. The van der Waals surface area contributed by atoms with E-state index in [0.29, 0.717) is 0 Å². The van der Waals surface area contributed by atoms with Gasteiger partial charge in [0.25, 0.3) is 6.33 Å². The smallest absolute Gasteiger partial charge is 0.430 e. The number of carboxylic acid groups (broad SMARTS) is 1. The van der Waals surface area contributed by atoms with E-state index in [1.807, 2.05) is 0 Å². The van der Waals surface area contributed by atoms with E-state index in [1.54, 1.807) is 6.20 Å². The number of hydrogen-bond donors (Lipinski definition) is 2. The second-order valence-corrected chi connectivity index (χ2v) is 1.78. The predicted octanol–water partition coefficient (Wildman–Crippen LogP) is -1.16. The lowest BCUT2D eigenvalue weighted by atomic mass is 10.7. The third-order valence-corrected chi connectivity index (χ3v) is 0.762. The van der Waals surface area contributed by atoms with Gasteiger partial charge >= 0.3 is 6.18 Å². The molecule has 5 nitrogen and oxygen atoms in total. The molecule has 0 aromatic carbocycles. The van der Waals surface area contributed by atoms with Gasteiger partial charge in [-0.3, -0.25) is 0 Å². The number of alkyl halides is 3. The molecule has 2 N–H and O–H groups in total. The van der Waals surface area contributed by atoms with Crippen LogP contribution in [0.4, 0.5) is 13.2 Å². The minimum atomic E-state index is -5.19. The molecule has 0 spiro atoms. The molecule has 13 heavy (non-hydrogen) atoms. The Morgan fingerprint density at radius 3 is 2.08 bits per heavy atom. The van der Waals surface area contributed by atoms with Crippen molar-refractivity contribution in [3.05, 3.63) is 18.7 Å². The maximum Gasteiger partial charge on any atom is 0.430 e. The quantitative estimate of drug-likeness (QED) is 0.407. The summed E-state index contributed by atoms with van der Waals surface area (Å²) in [6.45, 7) is 0. The van der Waals surface area contributed by atoms with Crippen molar-refractivity contribution >= 4 is 5.97 Å². The summed E-state index contributed by atoms with van der Waals surface area (Å²) in [6.07, 6.45) is -0.639. The largest absolute Gasteiger partial charge is 0.542 e. The third kappa shape index (κ3) is 5.53. The van der Waals surface area contributed by atoms with Gasteiger partial charge in [-0.25, -0.2) is 4.98 Å². The molecule has 0 unspecified atom stereocenters. The molecule has 1 aromatic heterocycles. The van der Waals surface area contributed by atoms with E-state index < -0.39 is 12.1 Å². The van der Waals surface area contributed by atoms with E-state index >= 15 is 0 Å². The van der Waals surface area contributed by atoms with Crippen LogP contribution in [0.1, 0.15) is 0 Å². The Labute approximate surface area is 70.0 Å². The number of aromatic amines is 1.